The Kier molecular flexibility index (Phi) is 6.38. The summed E-state index contributed by atoms with van der Waals surface area (Å²) >= 11 is 11.9. The van der Waals surface area contributed by atoms with Crippen LogP contribution in [0, 0.1) is 6.92 Å². The van der Waals surface area contributed by atoms with E-state index in [1.165, 1.54) is 12.3 Å². The van der Waals surface area contributed by atoms with Crippen LogP contribution in [-0.2, 0) is 21.2 Å². The number of pyridine rings is 1. The van der Waals surface area contributed by atoms with Crippen molar-refractivity contribution in [2.75, 3.05) is 0 Å². The standard InChI is InChI=1S/C21H21Cl2N3O3S/c1-13-10-16(26-19(13)20(27)14-5-6-17(22)18(23)11-14)7-8-21(2,30(24,28)29)15-4-3-9-25-12-15/h3-6,9-12,26H,7-8H2,1-2H3,(H2,24,28,29). The molecule has 9 heteroatoms. The maximum Gasteiger partial charge on any atom is 0.218 e. The molecule has 3 rings (SSSR count). The third kappa shape index (κ3) is 4.44. The quantitative estimate of drug-likeness (QED) is 0.504. The van der Waals surface area contributed by atoms with Gasteiger partial charge in [0.2, 0.25) is 15.8 Å². The van der Waals surface area contributed by atoms with Crippen LogP contribution in [0.2, 0.25) is 10.0 Å². The van der Waals surface area contributed by atoms with Gasteiger partial charge in [0.1, 0.15) is 4.75 Å². The van der Waals surface area contributed by atoms with Crippen molar-refractivity contribution in [2.24, 2.45) is 5.14 Å². The molecule has 2 heterocycles. The van der Waals surface area contributed by atoms with Gasteiger partial charge in [-0.15, -0.1) is 0 Å². The molecule has 0 aliphatic carbocycles. The second kappa shape index (κ2) is 8.51. The van der Waals surface area contributed by atoms with Gasteiger partial charge in [-0.25, -0.2) is 13.6 Å². The van der Waals surface area contributed by atoms with E-state index < -0.39 is 14.8 Å². The van der Waals surface area contributed by atoms with E-state index in [9.17, 15) is 13.2 Å². The van der Waals surface area contributed by atoms with Crippen LogP contribution in [0.15, 0.2) is 48.8 Å². The monoisotopic (exact) mass is 465 g/mol. The molecule has 0 amide bonds. The summed E-state index contributed by atoms with van der Waals surface area (Å²) in [5.74, 6) is -0.223. The van der Waals surface area contributed by atoms with Gasteiger partial charge in [0.25, 0.3) is 0 Å². The number of nitrogens with two attached hydrogens (primary N) is 1. The highest BCUT2D eigenvalue weighted by molar-refractivity contribution is 7.90. The van der Waals surface area contributed by atoms with Crippen molar-refractivity contribution in [3.8, 4) is 0 Å². The van der Waals surface area contributed by atoms with Crippen LogP contribution in [0.5, 0.6) is 0 Å². The molecule has 0 saturated carbocycles. The first kappa shape index (κ1) is 22.5. The number of hydrogen-bond acceptors (Lipinski definition) is 4. The molecule has 0 aliphatic heterocycles. The number of aromatic nitrogens is 2. The number of aryl methyl sites for hydroxylation is 2. The van der Waals surface area contributed by atoms with E-state index in [2.05, 4.69) is 9.97 Å². The normalized spacial score (nSPS) is 13.8. The van der Waals surface area contributed by atoms with Crippen molar-refractivity contribution in [3.63, 3.8) is 0 Å². The average Bonchev–Trinajstić information content (AvgIpc) is 3.08. The Hall–Kier alpha value is -2.19. The molecule has 0 saturated heterocycles. The highest BCUT2D eigenvalue weighted by Crippen LogP contribution is 2.33. The van der Waals surface area contributed by atoms with Crippen LogP contribution in [0.4, 0.5) is 0 Å². The number of benzene rings is 1. The summed E-state index contributed by atoms with van der Waals surface area (Å²) in [4.78, 5) is 20.0. The van der Waals surface area contributed by atoms with E-state index in [-0.39, 0.29) is 12.2 Å². The van der Waals surface area contributed by atoms with E-state index in [4.69, 9.17) is 28.3 Å². The van der Waals surface area contributed by atoms with E-state index in [0.29, 0.717) is 33.3 Å². The smallest absolute Gasteiger partial charge is 0.218 e. The summed E-state index contributed by atoms with van der Waals surface area (Å²) in [7, 11) is -3.91. The number of ketones is 1. The molecule has 6 nitrogen and oxygen atoms in total. The molecule has 0 aliphatic rings. The highest BCUT2D eigenvalue weighted by Gasteiger charge is 2.38. The molecule has 0 fully saturated rings. The van der Waals surface area contributed by atoms with Crippen LogP contribution in [0.25, 0.3) is 0 Å². The lowest BCUT2D eigenvalue weighted by Crippen LogP contribution is -2.38. The number of nitrogens with zero attached hydrogens (tertiary/aromatic N) is 1. The Labute approximate surface area is 185 Å². The summed E-state index contributed by atoms with van der Waals surface area (Å²) in [6.07, 6.45) is 3.67. The Bertz CT molecular complexity index is 1190. The first-order valence-corrected chi connectivity index (χ1v) is 11.4. The zero-order chi connectivity index (χ0) is 22.1. The van der Waals surface area contributed by atoms with E-state index in [1.54, 1.807) is 37.4 Å². The lowest BCUT2D eigenvalue weighted by Gasteiger charge is -2.27. The molecule has 0 radical (unpaired) electrons. The van der Waals surface area contributed by atoms with Gasteiger partial charge in [0.15, 0.2) is 0 Å². The minimum atomic E-state index is -3.91. The van der Waals surface area contributed by atoms with Crippen LogP contribution >= 0.6 is 23.2 Å². The Morgan fingerprint density at radius 2 is 1.93 bits per heavy atom. The van der Waals surface area contributed by atoms with Crippen molar-refractivity contribution in [3.05, 3.63) is 86.9 Å². The number of nitrogens with one attached hydrogen (secondary N) is 1. The van der Waals surface area contributed by atoms with Crippen LogP contribution < -0.4 is 5.14 Å². The van der Waals surface area contributed by atoms with Gasteiger partial charge in [-0.1, -0.05) is 29.3 Å². The van der Waals surface area contributed by atoms with E-state index >= 15 is 0 Å². The number of halogens is 2. The fourth-order valence-electron chi connectivity index (χ4n) is 3.28. The number of sulfonamides is 1. The van der Waals surface area contributed by atoms with Crippen LogP contribution in [0.3, 0.4) is 0 Å². The fraction of sp³-hybridized carbons (Fsp3) is 0.238. The molecule has 3 N–H and O–H groups in total. The third-order valence-corrected chi connectivity index (χ3v) is 7.69. The number of carbonyl (C=O) groups is 1. The average molecular weight is 466 g/mol. The van der Waals surface area contributed by atoms with Gasteiger partial charge in [0, 0.05) is 23.7 Å². The number of primary sulfonamides is 1. The topological polar surface area (TPSA) is 106 Å². The predicted octanol–water partition coefficient (Wildman–Crippen LogP) is 4.39. The molecule has 1 atom stereocenters. The zero-order valence-electron chi connectivity index (χ0n) is 16.4. The summed E-state index contributed by atoms with van der Waals surface area (Å²) in [5.41, 5.74) is 2.82. The molecular weight excluding hydrogens is 445 g/mol. The van der Waals surface area contributed by atoms with Crippen molar-refractivity contribution >= 4 is 39.0 Å². The maximum absolute atomic E-state index is 12.9. The molecule has 158 valence electrons. The SMILES string of the molecule is Cc1cc(CCC(C)(c2cccnc2)S(N)(=O)=O)[nH]c1C(=O)c1ccc(Cl)c(Cl)c1. The highest BCUT2D eigenvalue weighted by atomic mass is 35.5. The van der Waals surface area contributed by atoms with Gasteiger partial charge in [-0.3, -0.25) is 9.78 Å². The number of hydrogen-bond donors (Lipinski definition) is 2. The summed E-state index contributed by atoms with van der Waals surface area (Å²) < 4.78 is 23.4. The predicted molar refractivity (Wildman–Crippen MR) is 118 cm³/mol. The fourth-order valence-corrected chi connectivity index (χ4v) is 4.41. The first-order chi connectivity index (χ1) is 14.0. The largest absolute Gasteiger partial charge is 0.355 e. The van der Waals surface area contributed by atoms with Gasteiger partial charge in [-0.05, 0) is 68.1 Å². The molecule has 1 aromatic carbocycles. The van der Waals surface area contributed by atoms with E-state index in [0.717, 1.165) is 11.3 Å². The lowest BCUT2D eigenvalue weighted by molar-refractivity contribution is 0.103. The van der Waals surface area contributed by atoms with Crippen LogP contribution in [0.1, 0.15) is 46.2 Å². The van der Waals surface area contributed by atoms with Crippen LogP contribution in [-0.4, -0.2) is 24.2 Å². The third-order valence-electron chi connectivity index (χ3n) is 5.25. The van der Waals surface area contributed by atoms with E-state index in [1.807, 2.05) is 13.0 Å². The first-order valence-electron chi connectivity index (χ1n) is 9.14. The summed E-state index contributed by atoms with van der Waals surface area (Å²) in [6, 6.07) is 9.89. The molecule has 1 unspecified atom stereocenters. The molecule has 2 aromatic heterocycles. The Balaban J connectivity index is 1.86. The summed E-state index contributed by atoms with van der Waals surface area (Å²) in [6.45, 7) is 3.39. The second-order valence-electron chi connectivity index (χ2n) is 7.33. The minimum absolute atomic E-state index is 0.220. The molecule has 0 spiro atoms. The second-order valence-corrected chi connectivity index (χ2v) is 10.1. The van der Waals surface area contributed by atoms with Crippen molar-refractivity contribution in [2.45, 2.75) is 31.4 Å². The Morgan fingerprint density at radius 3 is 2.53 bits per heavy atom. The zero-order valence-corrected chi connectivity index (χ0v) is 18.8. The summed E-state index contributed by atoms with van der Waals surface area (Å²) in [5, 5.41) is 6.22. The molecular formula is C21H21Cl2N3O3S. The Morgan fingerprint density at radius 1 is 1.20 bits per heavy atom. The number of rotatable bonds is 7. The number of H-pyrrole nitrogens is 1. The van der Waals surface area contributed by atoms with Crippen molar-refractivity contribution < 1.29 is 13.2 Å². The van der Waals surface area contributed by atoms with Crippen molar-refractivity contribution in [1.29, 1.82) is 0 Å². The van der Waals surface area contributed by atoms with Gasteiger partial charge >= 0.3 is 0 Å². The number of carbonyl (C=O) groups excluding carboxylic acids is 1. The maximum atomic E-state index is 12.9. The number of aromatic amines is 1. The van der Waals surface area contributed by atoms with Gasteiger partial charge in [-0.2, -0.15) is 0 Å². The molecule has 30 heavy (non-hydrogen) atoms. The lowest BCUT2D eigenvalue weighted by atomic mass is 9.95. The minimum Gasteiger partial charge on any atom is -0.355 e. The van der Waals surface area contributed by atoms with Crippen molar-refractivity contribution in [1.82, 2.24) is 9.97 Å². The molecule has 0 bridgehead atoms. The van der Waals surface area contributed by atoms with Gasteiger partial charge < -0.3 is 4.98 Å². The molecule has 3 aromatic rings. The van der Waals surface area contributed by atoms with Gasteiger partial charge in [0.05, 0.1) is 15.7 Å².